The number of rotatable bonds is 8. The number of hydrogen-bond donors (Lipinski definition) is 1. The van der Waals surface area contributed by atoms with Crippen LogP contribution in [0, 0.1) is 17.0 Å². The van der Waals surface area contributed by atoms with Gasteiger partial charge in [-0.25, -0.2) is 13.8 Å². The topological polar surface area (TPSA) is 59.4 Å². The molecule has 6 rings (SSSR count). The molecule has 1 spiro atoms. The van der Waals surface area contributed by atoms with Gasteiger partial charge in [0.15, 0.2) is 5.82 Å². The van der Waals surface area contributed by atoms with Gasteiger partial charge in [0.05, 0.1) is 24.3 Å². The van der Waals surface area contributed by atoms with Crippen LogP contribution in [0.4, 0.5) is 14.6 Å². The maximum absolute atomic E-state index is 13.5. The first-order valence-electron chi connectivity index (χ1n) is 13.2. The van der Waals surface area contributed by atoms with Crippen LogP contribution in [0.25, 0.3) is 5.69 Å². The predicted octanol–water partition coefficient (Wildman–Crippen LogP) is 4.70. The van der Waals surface area contributed by atoms with E-state index < -0.39 is 0 Å². The second-order valence-electron chi connectivity index (χ2n) is 10.1. The minimum Gasteiger partial charge on any atom is -0.380 e. The van der Waals surface area contributed by atoms with Crippen molar-refractivity contribution >= 4 is 5.82 Å². The number of anilines is 1. The summed E-state index contributed by atoms with van der Waals surface area (Å²) in [4.78, 5) is 20.0. The summed E-state index contributed by atoms with van der Waals surface area (Å²) in [5.41, 5.74) is 2.61. The predicted molar refractivity (Wildman–Crippen MR) is 143 cm³/mol. The van der Waals surface area contributed by atoms with Gasteiger partial charge in [-0.15, -0.1) is 0 Å². The average molecular weight is 511 g/mol. The highest BCUT2D eigenvalue weighted by Crippen LogP contribution is 2.41. The van der Waals surface area contributed by atoms with E-state index in [1.54, 1.807) is 22.9 Å². The van der Waals surface area contributed by atoms with Crippen molar-refractivity contribution in [3.8, 4) is 5.69 Å². The average Bonchev–Trinajstić information content (AvgIpc) is 3.63. The van der Waals surface area contributed by atoms with Crippen molar-refractivity contribution < 1.29 is 14.9 Å². The first-order valence-corrected chi connectivity index (χ1v) is 13.2. The van der Waals surface area contributed by atoms with E-state index in [1.165, 1.54) is 29.8 Å². The van der Waals surface area contributed by atoms with E-state index in [0.29, 0.717) is 23.5 Å². The van der Waals surface area contributed by atoms with Crippen LogP contribution in [0.3, 0.4) is 0 Å². The summed E-state index contributed by atoms with van der Waals surface area (Å²) in [6.45, 7) is 7.85. The Labute approximate surface area is 217 Å². The molecular weight excluding hydrogens is 474 g/mol. The molecule has 37 heavy (non-hydrogen) atoms. The molecule has 1 aliphatic carbocycles. The number of halogens is 2. The number of nitrogens with one attached hydrogen (secondary N) is 1. The lowest BCUT2D eigenvalue weighted by Crippen LogP contribution is -2.67. The van der Waals surface area contributed by atoms with Crippen molar-refractivity contribution in [3.05, 3.63) is 88.0 Å². The van der Waals surface area contributed by atoms with Gasteiger partial charge in [-0.1, -0.05) is 26.0 Å². The highest BCUT2D eigenvalue weighted by atomic mass is 19.1. The molecule has 0 radical (unpaired) electrons. The molecule has 2 aromatic carbocycles. The molecule has 3 aromatic rings. The smallest absolute Gasteiger partial charge is 0.298 e. The third-order valence-corrected chi connectivity index (χ3v) is 7.32. The number of benzene rings is 2. The number of nitrogens with zero attached hydrogens (tertiary/aromatic N) is 3. The largest absolute Gasteiger partial charge is 0.380 e. The van der Waals surface area contributed by atoms with Crippen molar-refractivity contribution in [3.63, 3.8) is 0 Å². The van der Waals surface area contributed by atoms with Gasteiger partial charge in [0, 0.05) is 38.4 Å². The summed E-state index contributed by atoms with van der Waals surface area (Å²) in [5.74, 6) is 0.351. The van der Waals surface area contributed by atoms with Crippen molar-refractivity contribution in [2.24, 2.45) is 5.41 Å². The van der Waals surface area contributed by atoms with E-state index in [-0.39, 0.29) is 24.0 Å². The van der Waals surface area contributed by atoms with E-state index in [1.807, 2.05) is 30.9 Å². The molecule has 198 valence electrons. The Morgan fingerprint density at radius 1 is 1.05 bits per heavy atom. The van der Waals surface area contributed by atoms with E-state index in [0.717, 1.165) is 57.8 Å². The van der Waals surface area contributed by atoms with E-state index in [4.69, 9.17) is 9.72 Å². The summed E-state index contributed by atoms with van der Waals surface area (Å²) in [6.07, 6.45) is 4.43. The molecule has 6 nitrogen and oxygen atoms in total. The lowest BCUT2D eigenvalue weighted by atomic mass is 9.78. The second kappa shape index (κ2) is 10.7. The zero-order valence-corrected chi connectivity index (χ0v) is 21.4. The number of aryl methyl sites for hydroxylation is 1. The monoisotopic (exact) mass is 510 g/mol. The summed E-state index contributed by atoms with van der Waals surface area (Å²) in [5, 5.41) is 3.58. The molecule has 1 aromatic heterocycles. The fraction of sp³-hybridized carbons (Fsp3) is 0.448. The van der Waals surface area contributed by atoms with Gasteiger partial charge >= 0.3 is 0 Å². The lowest BCUT2D eigenvalue weighted by Gasteiger charge is -2.55. The highest BCUT2D eigenvalue weighted by Gasteiger charge is 2.50. The Hall–Kier alpha value is -3.10. The normalized spacial score (nSPS) is 21.0. The van der Waals surface area contributed by atoms with Crippen LogP contribution in [0.2, 0.25) is 0 Å². The minimum atomic E-state index is -0.337. The van der Waals surface area contributed by atoms with Crippen LogP contribution in [0.5, 0.6) is 0 Å². The van der Waals surface area contributed by atoms with Crippen LogP contribution in [-0.2, 0) is 11.2 Å². The minimum absolute atomic E-state index is 0. The lowest BCUT2D eigenvalue weighted by molar-refractivity contribution is -0.127. The van der Waals surface area contributed by atoms with E-state index in [2.05, 4.69) is 5.32 Å². The van der Waals surface area contributed by atoms with Gasteiger partial charge < -0.3 is 15.0 Å². The Morgan fingerprint density at radius 3 is 2.32 bits per heavy atom. The summed E-state index contributed by atoms with van der Waals surface area (Å²) < 4.78 is 33.6. The maximum Gasteiger partial charge on any atom is 0.298 e. The third-order valence-electron chi connectivity index (χ3n) is 7.32. The summed E-state index contributed by atoms with van der Waals surface area (Å²) in [7, 11) is 0. The van der Waals surface area contributed by atoms with Crippen LogP contribution < -0.4 is 15.8 Å². The van der Waals surface area contributed by atoms with Gasteiger partial charge in [0.25, 0.3) is 5.56 Å². The zero-order chi connectivity index (χ0) is 26.0. The molecule has 3 aliphatic rings. The Morgan fingerprint density at radius 2 is 1.70 bits per heavy atom. The second-order valence-corrected chi connectivity index (χ2v) is 10.1. The Kier molecular flexibility index (Phi) is 7.40. The van der Waals surface area contributed by atoms with Crippen LogP contribution >= 0.6 is 0 Å². The molecule has 0 amide bonds. The van der Waals surface area contributed by atoms with Crippen molar-refractivity contribution in [2.75, 3.05) is 37.7 Å². The molecule has 0 bridgehead atoms. The maximum atomic E-state index is 13.5. The first-order chi connectivity index (χ1) is 18.0. The number of hydrogen-bond acceptors (Lipinski definition) is 5. The molecular formula is C29H36F2N4O2. The van der Waals surface area contributed by atoms with Gasteiger partial charge in [0.1, 0.15) is 11.6 Å². The number of ether oxygens (including phenoxy) is 1. The molecule has 1 N–H and O–H groups in total. The van der Waals surface area contributed by atoms with Gasteiger partial charge in [-0.3, -0.25) is 9.36 Å². The summed E-state index contributed by atoms with van der Waals surface area (Å²) in [6, 6.07) is 13.1. The van der Waals surface area contributed by atoms with Crippen LogP contribution in [0.1, 0.15) is 45.3 Å². The fourth-order valence-corrected chi connectivity index (χ4v) is 5.19. The molecule has 3 heterocycles. The summed E-state index contributed by atoms with van der Waals surface area (Å²) >= 11 is 0. The molecule has 0 unspecified atom stereocenters. The van der Waals surface area contributed by atoms with Crippen LogP contribution in [0.15, 0.2) is 59.5 Å². The van der Waals surface area contributed by atoms with Gasteiger partial charge in [-0.2, -0.15) is 0 Å². The quantitative estimate of drug-likeness (QED) is 0.446. The Bertz CT molecular complexity index is 1270. The van der Waals surface area contributed by atoms with Crippen molar-refractivity contribution in [1.29, 1.82) is 0 Å². The third kappa shape index (κ3) is 5.45. The van der Waals surface area contributed by atoms with Crippen molar-refractivity contribution in [2.45, 2.75) is 45.1 Å². The SMILES string of the molecule is CC.O=c1c(N2CC3(COC3)C2)nc(CCCN[C@@H]2C[C@H]2c2ccc(F)cc2)cn1-c1ccc(F)cc1.[HH]. The van der Waals surface area contributed by atoms with Gasteiger partial charge in [-0.05, 0) is 67.8 Å². The van der Waals surface area contributed by atoms with Gasteiger partial charge in [0.2, 0.25) is 0 Å². The number of aromatic nitrogens is 2. The highest BCUT2D eigenvalue weighted by molar-refractivity contribution is 5.46. The van der Waals surface area contributed by atoms with Crippen LogP contribution in [-0.4, -0.2) is 48.4 Å². The van der Waals surface area contributed by atoms with E-state index in [9.17, 15) is 13.6 Å². The first kappa shape index (κ1) is 25.5. The Balaban J connectivity index is 0.00000110. The molecule has 2 saturated heterocycles. The fourth-order valence-electron chi connectivity index (χ4n) is 5.19. The zero-order valence-electron chi connectivity index (χ0n) is 21.4. The molecule has 3 fully saturated rings. The molecule has 8 heteroatoms. The molecule has 2 aliphatic heterocycles. The molecule has 1 saturated carbocycles. The standard InChI is InChI=1S/C27H28F2N4O2.C2H6.H2/c28-19-5-3-18(4-6-19)23-12-24(23)30-11-1-2-21-13-33(22-9-7-20(29)8-10-22)26(34)25(31-21)32-14-27(15-32)16-35-17-27;1-2;/h3-10,13,23-24,30H,1-2,11-12,14-17H2;1-2H3;1H/t23-,24+;;/m0../s1. The van der Waals surface area contributed by atoms with Crippen molar-refractivity contribution in [1.82, 2.24) is 14.9 Å². The molecule has 2 atom stereocenters. The van der Waals surface area contributed by atoms with E-state index >= 15 is 0 Å².